The first kappa shape index (κ1) is 20.5. The summed E-state index contributed by atoms with van der Waals surface area (Å²) in [6, 6.07) is 14.9. The summed E-state index contributed by atoms with van der Waals surface area (Å²) in [6.07, 6.45) is 3.34. The summed E-state index contributed by atoms with van der Waals surface area (Å²) in [5, 5.41) is 0.910. The maximum Gasteiger partial charge on any atom is 0.254 e. The van der Waals surface area contributed by atoms with E-state index in [1.165, 1.54) is 24.3 Å². The van der Waals surface area contributed by atoms with Crippen molar-refractivity contribution in [3.05, 3.63) is 111 Å². The standard InChI is InChI=1S/C25H22FN3O2/c1-16-10-20-12-21(24(30)28-23(20)11-17(16)2)15-29(14-18-4-3-9-27-13-18)25(31)19-5-7-22(26)8-6-19/h3-13H,14-15H2,1-2H3,(H,28,30). The topological polar surface area (TPSA) is 66.1 Å². The maximum absolute atomic E-state index is 13.3. The zero-order valence-corrected chi connectivity index (χ0v) is 17.4. The summed E-state index contributed by atoms with van der Waals surface area (Å²) < 4.78 is 13.3. The van der Waals surface area contributed by atoms with Crippen molar-refractivity contribution in [3.63, 3.8) is 0 Å². The lowest BCUT2D eigenvalue weighted by Gasteiger charge is -2.23. The summed E-state index contributed by atoms with van der Waals surface area (Å²) >= 11 is 0. The van der Waals surface area contributed by atoms with Gasteiger partial charge in [-0.1, -0.05) is 6.07 Å². The minimum absolute atomic E-state index is 0.114. The summed E-state index contributed by atoms with van der Waals surface area (Å²) in [5.41, 5.74) is 4.42. The fourth-order valence-electron chi connectivity index (χ4n) is 3.53. The Morgan fingerprint density at radius 2 is 1.77 bits per heavy atom. The monoisotopic (exact) mass is 415 g/mol. The minimum Gasteiger partial charge on any atom is -0.330 e. The van der Waals surface area contributed by atoms with Gasteiger partial charge < -0.3 is 9.88 Å². The van der Waals surface area contributed by atoms with Gasteiger partial charge in [0.1, 0.15) is 5.82 Å². The van der Waals surface area contributed by atoms with Crippen LogP contribution in [0, 0.1) is 19.7 Å². The number of carbonyl (C=O) groups excluding carboxylic acids is 1. The van der Waals surface area contributed by atoms with Gasteiger partial charge in [0.2, 0.25) is 0 Å². The van der Waals surface area contributed by atoms with Gasteiger partial charge in [-0.15, -0.1) is 0 Å². The molecule has 0 aliphatic rings. The quantitative estimate of drug-likeness (QED) is 0.521. The van der Waals surface area contributed by atoms with Crippen LogP contribution in [-0.4, -0.2) is 20.8 Å². The number of halogens is 1. The Balaban J connectivity index is 1.72. The van der Waals surface area contributed by atoms with E-state index in [1.807, 2.05) is 38.1 Å². The van der Waals surface area contributed by atoms with Crippen LogP contribution in [0.5, 0.6) is 0 Å². The Kier molecular flexibility index (Phi) is 5.62. The van der Waals surface area contributed by atoms with Crippen LogP contribution in [0.3, 0.4) is 0 Å². The molecule has 156 valence electrons. The second-order valence-corrected chi connectivity index (χ2v) is 7.68. The molecule has 1 amide bonds. The van der Waals surface area contributed by atoms with Gasteiger partial charge in [-0.05, 0) is 84.5 Å². The lowest BCUT2D eigenvalue weighted by atomic mass is 10.0. The van der Waals surface area contributed by atoms with Gasteiger partial charge in [0.25, 0.3) is 11.5 Å². The maximum atomic E-state index is 13.3. The molecule has 0 saturated carbocycles. The van der Waals surface area contributed by atoms with Gasteiger partial charge in [0.15, 0.2) is 0 Å². The zero-order chi connectivity index (χ0) is 22.0. The highest BCUT2D eigenvalue weighted by Crippen LogP contribution is 2.19. The molecule has 0 bridgehead atoms. The van der Waals surface area contributed by atoms with E-state index >= 15 is 0 Å². The SMILES string of the molecule is Cc1cc2cc(CN(Cc3cccnc3)C(=O)c3ccc(F)cc3)c(=O)[nH]c2cc1C. The number of aromatic nitrogens is 2. The molecule has 5 nitrogen and oxygen atoms in total. The van der Waals surface area contributed by atoms with Crippen LogP contribution in [0.4, 0.5) is 4.39 Å². The number of nitrogens with one attached hydrogen (secondary N) is 1. The Hall–Kier alpha value is -3.80. The van der Waals surface area contributed by atoms with E-state index in [0.29, 0.717) is 11.1 Å². The number of H-pyrrole nitrogens is 1. The van der Waals surface area contributed by atoms with Crippen LogP contribution < -0.4 is 5.56 Å². The molecule has 0 aliphatic carbocycles. The fraction of sp³-hybridized carbons (Fsp3) is 0.160. The van der Waals surface area contributed by atoms with Gasteiger partial charge in [-0.2, -0.15) is 0 Å². The van der Waals surface area contributed by atoms with Crippen molar-refractivity contribution in [1.29, 1.82) is 0 Å². The number of nitrogens with zero attached hydrogens (tertiary/aromatic N) is 2. The van der Waals surface area contributed by atoms with E-state index in [1.54, 1.807) is 23.4 Å². The van der Waals surface area contributed by atoms with Gasteiger partial charge in [-0.3, -0.25) is 14.6 Å². The van der Waals surface area contributed by atoms with Crippen LogP contribution in [0.25, 0.3) is 10.9 Å². The molecule has 4 rings (SSSR count). The first-order chi connectivity index (χ1) is 14.9. The van der Waals surface area contributed by atoms with E-state index < -0.39 is 5.82 Å². The summed E-state index contributed by atoms with van der Waals surface area (Å²) in [4.78, 5) is 34.6. The van der Waals surface area contributed by atoms with Crippen molar-refractivity contribution < 1.29 is 9.18 Å². The van der Waals surface area contributed by atoms with Crippen molar-refractivity contribution in [3.8, 4) is 0 Å². The number of aryl methyl sites for hydroxylation is 2. The molecule has 1 N–H and O–H groups in total. The van der Waals surface area contributed by atoms with Crippen molar-refractivity contribution >= 4 is 16.8 Å². The number of rotatable bonds is 5. The molecular formula is C25H22FN3O2. The first-order valence-corrected chi connectivity index (χ1v) is 9.97. The third-order valence-electron chi connectivity index (χ3n) is 5.37. The molecule has 6 heteroatoms. The second-order valence-electron chi connectivity index (χ2n) is 7.68. The van der Waals surface area contributed by atoms with Gasteiger partial charge in [0, 0.05) is 35.6 Å². The molecule has 0 radical (unpaired) electrons. The Morgan fingerprint density at radius 3 is 2.48 bits per heavy atom. The smallest absolute Gasteiger partial charge is 0.254 e. The Morgan fingerprint density at radius 1 is 1.03 bits per heavy atom. The number of hydrogen-bond acceptors (Lipinski definition) is 3. The molecule has 0 fully saturated rings. The molecule has 0 unspecified atom stereocenters. The minimum atomic E-state index is -0.410. The van der Waals surface area contributed by atoms with Crippen molar-refractivity contribution in [2.45, 2.75) is 26.9 Å². The highest BCUT2D eigenvalue weighted by molar-refractivity contribution is 5.94. The molecule has 0 spiro atoms. The molecule has 4 aromatic rings. The summed E-state index contributed by atoms with van der Waals surface area (Å²) in [7, 11) is 0. The third-order valence-corrected chi connectivity index (χ3v) is 5.37. The molecule has 2 aromatic carbocycles. The molecule has 2 aromatic heterocycles. The number of benzene rings is 2. The van der Waals surface area contributed by atoms with Crippen LogP contribution in [0.2, 0.25) is 0 Å². The number of amides is 1. The highest BCUT2D eigenvalue weighted by Gasteiger charge is 2.19. The predicted octanol–water partition coefficient (Wildman–Crippen LogP) is 4.52. The fourth-order valence-corrected chi connectivity index (χ4v) is 3.53. The first-order valence-electron chi connectivity index (χ1n) is 9.97. The number of fused-ring (bicyclic) bond motifs is 1. The summed E-state index contributed by atoms with van der Waals surface area (Å²) in [6.45, 7) is 4.40. The van der Waals surface area contributed by atoms with E-state index in [-0.39, 0.29) is 24.6 Å². The predicted molar refractivity (Wildman–Crippen MR) is 118 cm³/mol. The Labute approximate surface area is 179 Å². The molecule has 0 aliphatic heterocycles. The van der Waals surface area contributed by atoms with E-state index in [4.69, 9.17) is 0 Å². The van der Waals surface area contributed by atoms with E-state index in [2.05, 4.69) is 9.97 Å². The van der Waals surface area contributed by atoms with Crippen molar-refractivity contribution in [2.75, 3.05) is 0 Å². The van der Waals surface area contributed by atoms with Crippen LogP contribution >= 0.6 is 0 Å². The van der Waals surface area contributed by atoms with E-state index in [9.17, 15) is 14.0 Å². The number of carbonyl (C=O) groups is 1. The van der Waals surface area contributed by atoms with Crippen molar-refractivity contribution in [2.24, 2.45) is 0 Å². The highest BCUT2D eigenvalue weighted by atomic mass is 19.1. The molecular weight excluding hydrogens is 393 g/mol. The van der Waals surface area contributed by atoms with Crippen LogP contribution in [-0.2, 0) is 13.1 Å². The lowest BCUT2D eigenvalue weighted by molar-refractivity contribution is 0.0729. The average Bonchev–Trinajstić information content (AvgIpc) is 2.76. The molecule has 31 heavy (non-hydrogen) atoms. The number of aromatic amines is 1. The van der Waals surface area contributed by atoms with E-state index in [0.717, 1.165) is 27.6 Å². The summed E-state index contributed by atoms with van der Waals surface area (Å²) in [5.74, 6) is -0.699. The largest absolute Gasteiger partial charge is 0.330 e. The van der Waals surface area contributed by atoms with Gasteiger partial charge in [0.05, 0.1) is 6.54 Å². The van der Waals surface area contributed by atoms with Gasteiger partial charge in [-0.25, -0.2) is 4.39 Å². The van der Waals surface area contributed by atoms with Crippen molar-refractivity contribution in [1.82, 2.24) is 14.9 Å². The average molecular weight is 415 g/mol. The third kappa shape index (κ3) is 4.53. The van der Waals surface area contributed by atoms with Gasteiger partial charge >= 0.3 is 0 Å². The lowest BCUT2D eigenvalue weighted by Crippen LogP contribution is -2.32. The van der Waals surface area contributed by atoms with Crippen LogP contribution in [0.15, 0.2) is 71.8 Å². The Bertz CT molecular complexity index is 1300. The normalized spacial score (nSPS) is 10.9. The zero-order valence-electron chi connectivity index (χ0n) is 17.4. The number of hydrogen-bond donors (Lipinski definition) is 1. The molecule has 0 saturated heterocycles. The number of pyridine rings is 2. The van der Waals surface area contributed by atoms with Crippen LogP contribution in [0.1, 0.15) is 32.6 Å². The molecule has 0 atom stereocenters. The second kappa shape index (κ2) is 8.52. The molecule has 2 heterocycles.